The first-order valence-electron chi connectivity index (χ1n) is 19.6. The van der Waals surface area contributed by atoms with Gasteiger partial charge in [-0.15, -0.1) is 12.6 Å². The van der Waals surface area contributed by atoms with Gasteiger partial charge in [0.25, 0.3) is 0 Å². The number of hydrogen-bond donors (Lipinski definition) is 3. The van der Waals surface area contributed by atoms with Crippen molar-refractivity contribution in [1.29, 1.82) is 5.26 Å². The average Bonchev–Trinajstić information content (AvgIpc) is 3.33. The number of aromatic nitrogens is 1. The molecule has 2 aromatic rings. The van der Waals surface area contributed by atoms with Crippen LogP contribution in [0.2, 0.25) is 0 Å². The lowest BCUT2D eigenvalue weighted by molar-refractivity contribution is -0.138. The number of halogens is 3. The summed E-state index contributed by atoms with van der Waals surface area (Å²) in [5, 5.41) is 14.4. The number of hydrogen-bond acceptors (Lipinski definition) is 11. The molecule has 4 heterocycles. The molecule has 0 bridgehead atoms. The molecule has 1 aromatic carbocycles. The maximum atomic E-state index is 13.7. The monoisotopic (exact) mass is 812 g/mol. The zero-order valence-corrected chi connectivity index (χ0v) is 33.6. The van der Waals surface area contributed by atoms with Gasteiger partial charge < -0.3 is 15.0 Å². The molecule has 6 rings (SSSR count). The first-order valence-corrected chi connectivity index (χ1v) is 20.1. The zero-order valence-electron chi connectivity index (χ0n) is 32.7. The molecule has 2 N–H and O–H groups in total. The van der Waals surface area contributed by atoms with Crippen LogP contribution in [0.1, 0.15) is 95.2 Å². The van der Waals surface area contributed by atoms with Gasteiger partial charge in [-0.05, 0) is 96.0 Å². The van der Waals surface area contributed by atoms with E-state index in [0.717, 1.165) is 63.9 Å². The summed E-state index contributed by atoms with van der Waals surface area (Å²) in [6, 6.07) is 8.64. The molecule has 57 heavy (non-hydrogen) atoms. The Morgan fingerprint density at radius 2 is 1.77 bits per heavy atom. The highest BCUT2D eigenvalue weighted by molar-refractivity contribution is 7.81. The Labute approximate surface area is 336 Å². The van der Waals surface area contributed by atoms with Crippen molar-refractivity contribution < 1.29 is 37.1 Å². The fourth-order valence-corrected chi connectivity index (χ4v) is 9.58. The number of carbonyl (C=O) groups is 4. The third kappa shape index (κ3) is 9.46. The van der Waals surface area contributed by atoms with Crippen LogP contribution in [0.3, 0.4) is 0 Å². The number of nitriles is 1. The standard InChI is InChI=1S/C40H51F3N8O5S/c1-24-21-48(22-25(2)49(24)23-35(53)46-33-14-7-27(20-45-33)31-13-15-34(52)47-36(31)54)16-5-17-56-30-11-9-28(10-12-30)51-38(57)50(37(55)39(51,3)4)29-8-6-26(19-44)32(18-29)40(41,42)43/h6-8,14,18,20,24-25,28,30-31,38,57H,5,9-13,15-17,21-23H2,1-4H3,(H,45,46,53)(H,47,52,54)/t24-,25+,28?,30?,31?,38?. The van der Waals surface area contributed by atoms with Crippen LogP contribution in [-0.4, -0.2) is 111 Å². The van der Waals surface area contributed by atoms with E-state index in [1.807, 2.05) is 4.90 Å². The van der Waals surface area contributed by atoms with Gasteiger partial charge in [-0.3, -0.25) is 39.2 Å². The van der Waals surface area contributed by atoms with E-state index in [9.17, 15) is 37.6 Å². The molecule has 4 atom stereocenters. The first-order chi connectivity index (χ1) is 27.0. The van der Waals surface area contributed by atoms with Gasteiger partial charge in [0.05, 0.1) is 41.3 Å². The van der Waals surface area contributed by atoms with Gasteiger partial charge in [0.2, 0.25) is 23.6 Å². The van der Waals surface area contributed by atoms with Crippen molar-refractivity contribution in [3.8, 4) is 6.07 Å². The number of benzene rings is 1. The second-order valence-corrected chi connectivity index (χ2v) is 16.6. The van der Waals surface area contributed by atoms with Gasteiger partial charge >= 0.3 is 6.18 Å². The van der Waals surface area contributed by atoms with Crippen molar-refractivity contribution in [2.24, 2.45) is 0 Å². The molecular formula is C40H51F3N8O5S. The fourth-order valence-electron chi connectivity index (χ4n) is 8.87. The topological polar surface area (TPSA) is 151 Å². The summed E-state index contributed by atoms with van der Waals surface area (Å²) < 4.78 is 47.5. The maximum Gasteiger partial charge on any atom is 0.417 e. The lowest BCUT2D eigenvalue weighted by Crippen LogP contribution is -2.58. The van der Waals surface area contributed by atoms with Crippen molar-refractivity contribution in [2.75, 3.05) is 43.0 Å². The molecule has 13 nitrogen and oxygen atoms in total. The van der Waals surface area contributed by atoms with Gasteiger partial charge in [0.15, 0.2) is 0 Å². The molecule has 1 saturated carbocycles. The minimum atomic E-state index is -4.74. The molecule has 2 unspecified atom stereocenters. The van der Waals surface area contributed by atoms with E-state index in [0.29, 0.717) is 24.4 Å². The van der Waals surface area contributed by atoms with Crippen molar-refractivity contribution in [2.45, 2.75) is 120 Å². The largest absolute Gasteiger partial charge is 0.417 e. The summed E-state index contributed by atoms with van der Waals surface area (Å²) in [7, 11) is 0. The number of amides is 4. The fraction of sp³-hybridized carbons (Fsp3) is 0.600. The second kappa shape index (κ2) is 17.4. The predicted molar refractivity (Wildman–Crippen MR) is 209 cm³/mol. The van der Waals surface area contributed by atoms with Crippen LogP contribution < -0.4 is 15.5 Å². The summed E-state index contributed by atoms with van der Waals surface area (Å²) in [6.45, 7) is 11.1. The number of alkyl halides is 3. The van der Waals surface area contributed by atoms with Crippen LogP contribution in [0.15, 0.2) is 36.5 Å². The van der Waals surface area contributed by atoms with Gasteiger partial charge in [-0.1, -0.05) is 6.07 Å². The van der Waals surface area contributed by atoms with E-state index in [4.69, 9.17) is 17.4 Å². The SMILES string of the molecule is C[C@@H]1CN(CCCOC2CCC(N3C(S)N(c4ccc(C#N)c(C(F)(F)F)c4)C(=O)C3(C)C)CC2)C[C@H](C)N1CC(=O)Nc1ccc(C2CCC(=O)NC2=O)cn1. The Morgan fingerprint density at radius 1 is 1.07 bits per heavy atom. The smallest absolute Gasteiger partial charge is 0.378 e. The predicted octanol–water partition coefficient (Wildman–Crippen LogP) is 4.88. The van der Waals surface area contributed by atoms with Crippen LogP contribution in [0, 0.1) is 11.3 Å². The highest BCUT2D eigenvalue weighted by Gasteiger charge is 2.54. The van der Waals surface area contributed by atoms with Gasteiger partial charge in [-0.2, -0.15) is 18.4 Å². The van der Waals surface area contributed by atoms with E-state index in [2.05, 4.69) is 39.3 Å². The Morgan fingerprint density at radius 3 is 2.39 bits per heavy atom. The second-order valence-electron chi connectivity index (χ2n) is 16.1. The molecule has 3 saturated heterocycles. The quantitative estimate of drug-likeness (QED) is 0.163. The lowest BCUT2D eigenvalue weighted by atomic mass is 9.89. The minimum Gasteiger partial charge on any atom is -0.378 e. The number of piperazine rings is 1. The highest BCUT2D eigenvalue weighted by atomic mass is 32.1. The number of imide groups is 1. The molecule has 0 spiro atoms. The number of thiol groups is 1. The van der Waals surface area contributed by atoms with Crippen LogP contribution >= 0.6 is 12.6 Å². The number of carbonyl (C=O) groups excluding carboxylic acids is 4. The van der Waals surface area contributed by atoms with Crippen LogP contribution in [0.5, 0.6) is 0 Å². The third-order valence-electron chi connectivity index (χ3n) is 11.8. The molecule has 1 aliphatic carbocycles. The van der Waals surface area contributed by atoms with E-state index >= 15 is 0 Å². The number of piperidine rings is 1. The summed E-state index contributed by atoms with van der Waals surface area (Å²) in [4.78, 5) is 62.5. The highest BCUT2D eigenvalue weighted by Crippen LogP contribution is 2.43. The first kappa shape index (κ1) is 42.5. The number of rotatable bonds is 11. The van der Waals surface area contributed by atoms with E-state index in [1.54, 1.807) is 38.2 Å². The molecule has 308 valence electrons. The molecular weight excluding hydrogens is 762 g/mol. The molecule has 4 fully saturated rings. The molecule has 4 amide bonds. The van der Waals surface area contributed by atoms with Crippen molar-refractivity contribution in [3.05, 3.63) is 53.2 Å². The molecule has 17 heteroatoms. The summed E-state index contributed by atoms with van der Waals surface area (Å²) in [5.74, 6) is -1.14. The van der Waals surface area contributed by atoms with Crippen molar-refractivity contribution in [3.63, 3.8) is 0 Å². The summed E-state index contributed by atoms with van der Waals surface area (Å²) in [6.07, 6.45) is 1.55. The summed E-state index contributed by atoms with van der Waals surface area (Å²) in [5.41, 5.74) is -2.59. The zero-order chi connectivity index (χ0) is 41.2. The average molecular weight is 813 g/mol. The number of anilines is 2. The molecule has 1 aromatic heterocycles. The minimum absolute atomic E-state index is 0.0140. The third-order valence-corrected chi connectivity index (χ3v) is 12.3. The molecule has 0 radical (unpaired) electrons. The molecule has 4 aliphatic rings. The lowest BCUT2D eigenvalue weighted by Gasteiger charge is -2.44. The number of pyridine rings is 1. The van der Waals surface area contributed by atoms with E-state index < -0.39 is 34.3 Å². The van der Waals surface area contributed by atoms with Crippen LogP contribution in [-0.2, 0) is 30.1 Å². The Kier molecular flexibility index (Phi) is 13.0. The number of ether oxygens (including phenoxy) is 1. The number of nitrogens with one attached hydrogen (secondary N) is 2. The van der Waals surface area contributed by atoms with Gasteiger partial charge in [-0.25, -0.2) is 4.98 Å². The van der Waals surface area contributed by atoms with E-state index in [1.165, 1.54) is 11.0 Å². The van der Waals surface area contributed by atoms with Gasteiger partial charge in [0.1, 0.15) is 11.3 Å². The van der Waals surface area contributed by atoms with Crippen molar-refractivity contribution in [1.82, 2.24) is 25.0 Å². The van der Waals surface area contributed by atoms with Crippen LogP contribution in [0.4, 0.5) is 24.7 Å². The van der Waals surface area contributed by atoms with Crippen LogP contribution in [0.25, 0.3) is 0 Å². The maximum absolute atomic E-state index is 13.7. The Balaban J connectivity index is 0.917. The summed E-state index contributed by atoms with van der Waals surface area (Å²) >= 11 is 4.76. The van der Waals surface area contributed by atoms with Gasteiger partial charge in [0, 0.05) is 62.7 Å². The normalized spacial score (nSPS) is 27.6. The Bertz CT molecular complexity index is 1850. The Hall–Kier alpha value is -4.08. The van der Waals surface area contributed by atoms with Crippen molar-refractivity contribution >= 4 is 47.8 Å². The van der Waals surface area contributed by atoms with E-state index in [-0.39, 0.29) is 66.5 Å². The number of nitrogens with zero attached hydrogens (tertiary/aromatic N) is 6. The molecule has 3 aliphatic heterocycles.